The van der Waals surface area contributed by atoms with Crippen LogP contribution in [0, 0.1) is 17.3 Å². The third kappa shape index (κ3) is 1.98. The minimum absolute atomic E-state index is 0.300. The van der Waals surface area contributed by atoms with Gasteiger partial charge in [0.15, 0.2) is 0 Å². The Morgan fingerprint density at radius 3 is 2.48 bits per heavy atom. The Hall–Kier alpha value is -0.900. The lowest BCUT2D eigenvalue weighted by molar-refractivity contribution is -0.0661. The molecular weight excluding hydrogens is 260 g/mol. The minimum atomic E-state index is 0.300. The molecule has 21 heavy (non-hydrogen) atoms. The van der Waals surface area contributed by atoms with Crippen LogP contribution in [0.5, 0.6) is 0 Å². The van der Waals surface area contributed by atoms with Gasteiger partial charge in [-0.1, -0.05) is 13.8 Å². The molecule has 1 aromatic rings. The molecule has 4 bridgehead atoms. The van der Waals surface area contributed by atoms with E-state index in [0.29, 0.717) is 17.4 Å². The zero-order valence-electron chi connectivity index (χ0n) is 13.4. The highest BCUT2D eigenvalue weighted by Crippen LogP contribution is 2.65. The van der Waals surface area contributed by atoms with Crippen molar-refractivity contribution in [1.29, 1.82) is 0 Å². The fourth-order valence-corrected chi connectivity index (χ4v) is 6.32. The van der Waals surface area contributed by atoms with E-state index in [-0.39, 0.29) is 0 Å². The highest BCUT2D eigenvalue weighted by atomic mass is 15.3. The van der Waals surface area contributed by atoms with Crippen molar-refractivity contribution in [1.82, 2.24) is 14.8 Å². The highest BCUT2D eigenvalue weighted by molar-refractivity contribution is 5.21. The standard InChI is InChI=1S/C17H28N4/c1-3-4-21-14(10-18)19-20-15(21)17-8-12-5-13(9-17)7-16(2,6-12)11-17/h12-13H,3-11,18H2,1-2H3. The molecule has 2 unspecified atom stereocenters. The molecule has 2 N–H and O–H groups in total. The topological polar surface area (TPSA) is 56.7 Å². The molecule has 1 aromatic heterocycles. The van der Waals surface area contributed by atoms with Crippen LogP contribution in [0.15, 0.2) is 0 Å². The van der Waals surface area contributed by atoms with Crippen LogP contribution >= 0.6 is 0 Å². The molecule has 0 amide bonds. The van der Waals surface area contributed by atoms with E-state index in [1.54, 1.807) is 0 Å². The maximum atomic E-state index is 5.89. The number of nitrogens with two attached hydrogens (primary N) is 1. The summed E-state index contributed by atoms with van der Waals surface area (Å²) in [5.74, 6) is 4.09. The second-order valence-corrected chi connectivity index (χ2v) is 8.35. The highest BCUT2D eigenvalue weighted by Gasteiger charge is 2.58. The number of rotatable bonds is 4. The average Bonchev–Trinajstić information content (AvgIpc) is 2.80. The van der Waals surface area contributed by atoms with Crippen molar-refractivity contribution in [2.75, 3.05) is 0 Å². The van der Waals surface area contributed by atoms with E-state index in [9.17, 15) is 0 Å². The molecule has 2 atom stereocenters. The molecule has 0 spiro atoms. The molecule has 0 saturated heterocycles. The minimum Gasteiger partial charge on any atom is -0.324 e. The molecule has 4 heteroatoms. The predicted octanol–water partition coefficient (Wildman–Crippen LogP) is 3.00. The average molecular weight is 288 g/mol. The lowest BCUT2D eigenvalue weighted by Crippen LogP contribution is -2.53. The first-order valence-electron chi connectivity index (χ1n) is 8.70. The Balaban J connectivity index is 1.77. The predicted molar refractivity (Wildman–Crippen MR) is 82.7 cm³/mol. The summed E-state index contributed by atoms with van der Waals surface area (Å²) < 4.78 is 2.36. The molecule has 4 saturated carbocycles. The van der Waals surface area contributed by atoms with Crippen LogP contribution in [0.25, 0.3) is 0 Å². The van der Waals surface area contributed by atoms with Gasteiger partial charge < -0.3 is 10.3 Å². The van der Waals surface area contributed by atoms with Crippen LogP contribution in [0.3, 0.4) is 0 Å². The number of hydrogen-bond acceptors (Lipinski definition) is 3. The van der Waals surface area contributed by atoms with Crippen molar-refractivity contribution < 1.29 is 0 Å². The van der Waals surface area contributed by atoms with Crippen LogP contribution < -0.4 is 5.73 Å². The summed E-state index contributed by atoms with van der Waals surface area (Å²) in [4.78, 5) is 0. The Morgan fingerprint density at radius 2 is 1.90 bits per heavy atom. The van der Waals surface area contributed by atoms with Crippen LogP contribution in [0.4, 0.5) is 0 Å². The fourth-order valence-electron chi connectivity index (χ4n) is 6.32. The molecule has 0 aromatic carbocycles. The van der Waals surface area contributed by atoms with Gasteiger partial charge in [0.25, 0.3) is 0 Å². The van der Waals surface area contributed by atoms with Gasteiger partial charge in [0, 0.05) is 12.0 Å². The largest absolute Gasteiger partial charge is 0.324 e. The zero-order chi connectivity index (χ0) is 14.7. The Kier molecular flexibility index (Phi) is 2.97. The summed E-state index contributed by atoms with van der Waals surface area (Å²) in [6.45, 7) is 6.27. The summed E-state index contributed by atoms with van der Waals surface area (Å²) in [6, 6.07) is 0. The van der Waals surface area contributed by atoms with Gasteiger partial charge in [-0.15, -0.1) is 10.2 Å². The summed E-state index contributed by atoms with van der Waals surface area (Å²) >= 11 is 0. The molecular formula is C17H28N4. The molecule has 1 heterocycles. The van der Waals surface area contributed by atoms with Gasteiger partial charge in [0.1, 0.15) is 11.6 Å². The molecule has 5 rings (SSSR count). The molecule has 4 aliphatic carbocycles. The van der Waals surface area contributed by atoms with Crippen molar-refractivity contribution in [2.24, 2.45) is 23.0 Å². The summed E-state index contributed by atoms with van der Waals surface area (Å²) in [5.41, 5.74) is 6.74. The lowest BCUT2D eigenvalue weighted by atomic mass is 9.44. The Morgan fingerprint density at radius 1 is 1.19 bits per heavy atom. The van der Waals surface area contributed by atoms with Crippen molar-refractivity contribution in [3.05, 3.63) is 11.6 Å². The number of nitrogens with zero attached hydrogens (tertiary/aromatic N) is 3. The molecule has 4 aliphatic rings. The monoisotopic (exact) mass is 288 g/mol. The van der Waals surface area contributed by atoms with Crippen LogP contribution in [0.1, 0.15) is 70.4 Å². The van der Waals surface area contributed by atoms with Crippen molar-refractivity contribution >= 4 is 0 Å². The molecule has 4 fully saturated rings. The van der Waals surface area contributed by atoms with E-state index in [4.69, 9.17) is 5.73 Å². The van der Waals surface area contributed by atoms with Crippen LogP contribution in [0.2, 0.25) is 0 Å². The van der Waals surface area contributed by atoms with Crippen molar-refractivity contribution in [3.63, 3.8) is 0 Å². The first-order chi connectivity index (χ1) is 10.1. The van der Waals surface area contributed by atoms with Crippen LogP contribution in [-0.2, 0) is 18.5 Å². The third-order valence-corrected chi connectivity index (χ3v) is 6.29. The van der Waals surface area contributed by atoms with E-state index in [2.05, 4.69) is 28.6 Å². The van der Waals surface area contributed by atoms with E-state index in [0.717, 1.165) is 30.6 Å². The summed E-state index contributed by atoms with van der Waals surface area (Å²) in [6.07, 6.45) is 9.46. The van der Waals surface area contributed by atoms with E-state index in [1.165, 1.54) is 44.3 Å². The van der Waals surface area contributed by atoms with Crippen molar-refractivity contribution in [2.45, 2.75) is 77.3 Å². The quantitative estimate of drug-likeness (QED) is 0.926. The summed E-state index contributed by atoms with van der Waals surface area (Å²) in [5, 5.41) is 9.08. The molecule has 116 valence electrons. The SMILES string of the molecule is CCCn1c(CN)nnc1C12CC3CC(CC(C)(C3)C1)C2. The zero-order valence-corrected chi connectivity index (χ0v) is 13.4. The number of hydrogen-bond donors (Lipinski definition) is 1. The molecule has 0 radical (unpaired) electrons. The van der Waals surface area contributed by atoms with Gasteiger partial charge in [-0.05, 0) is 62.2 Å². The Bertz CT molecular complexity index is 533. The van der Waals surface area contributed by atoms with Gasteiger partial charge in [0.2, 0.25) is 0 Å². The fraction of sp³-hybridized carbons (Fsp3) is 0.882. The van der Waals surface area contributed by atoms with E-state index in [1.807, 2.05) is 0 Å². The number of aromatic nitrogens is 3. The smallest absolute Gasteiger partial charge is 0.146 e. The van der Waals surface area contributed by atoms with Gasteiger partial charge in [-0.3, -0.25) is 0 Å². The van der Waals surface area contributed by atoms with Gasteiger partial charge in [-0.2, -0.15) is 0 Å². The molecule has 4 nitrogen and oxygen atoms in total. The first-order valence-corrected chi connectivity index (χ1v) is 8.70. The third-order valence-electron chi connectivity index (χ3n) is 6.29. The maximum absolute atomic E-state index is 5.89. The molecule has 0 aliphatic heterocycles. The van der Waals surface area contributed by atoms with E-state index < -0.39 is 0 Å². The maximum Gasteiger partial charge on any atom is 0.146 e. The first kappa shape index (κ1) is 13.7. The van der Waals surface area contributed by atoms with E-state index >= 15 is 0 Å². The van der Waals surface area contributed by atoms with Gasteiger partial charge in [-0.25, -0.2) is 0 Å². The Labute approximate surface area is 127 Å². The van der Waals surface area contributed by atoms with Gasteiger partial charge >= 0.3 is 0 Å². The van der Waals surface area contributed by atoms with Crippen LogP contribution in [-0.4, -0.2) is 14.8 Å². The lowest BCUT2D eigenvalue weighted by Gasteiger charge is -2.60. The summed E-state index contributed by atoms with van der Waals surface area (Å²) in [7, 11) is 0. The van der Waals surface area contributed by atoms with Crippen molar-refractivity contribution in [3.8, 4) is 0 Å². The van der Waals surface area contributed by atoms with Gasteiger partial charge in [0.05, 0.1) is 6.54 Å². The second-order valence-electron chi connectivity index (χ2n) is 8.35. The normalized spacial score (nSPS) is 40.9. The second kappa shape index (κ2) is 4.55.